The molecule has 1 aliphatic heterocycles. The van der Waals surface area contributed by atoms with Crippen molar-refractivity contribution in [3.05, 3.63) is 47.7 Å². The molecule has 0 saturated carbocycles. The van der Waals surface area contributed by atoms with Crippen molar-refractivity contribution in [2.75, 3.05) is 0 Å². The monoisotopic (exact) mass is 338 g/mol. The highest BCUT2D eigenvalue weighted by atomic mass is 16.3. The second-order valence-corrected chi connectivity index (χ2v) is 6.55. The molecular formula is C19H22N4O2. The van der Waals surface area contributed by atoms with Gasteiger partial charge in [0.15, 0.2) is 0 Å². The van der Waals surface area contributed by atoms with Gasteiger partial charge in [0.05, 0.1) is 0 Å². The maximum absolute atomic E-state index is 12.3. The first-order chi connectivity index (χ1) is 12.2. The van der Waals surface area contributed by atoms with Gasteiger partial charge in [0.2, 0.25) is 5.91 Å². The summed E-state index contributed by atoms with van der Waals surface area (Å²) in [6.45, 7) is 2.84. The third kappa shape index (κ3) is 3.29. The molecule has 3 aromatic rings. The Bertz CT molecular complexity index is 849. The molecule has 0 unspecified atom stereocenters. The van der Waals surface area contributed by atoms with Gasteiger partial charge in [-0.3, -0.25) is 4.79 Å². The minimum absolute atomic E-state index is 0.0695. The van der Waals surface area contributed by atoms with Gasteiger partial charge in [0, 0.05) is 43.7 Å². The summed E-state index contributed by atoms with van der Waals surface area (Å²) in [4.78, 5) is 12.3. The SMILES string of the molecule is CCc1nnc2n1C[C@@H](NC(=O)CCc1cc3ccccc3o1)CC2. The van der Waals surface area contributed by atoms with E-state index >= 15 is 0 Å². The Labute approximate surface area is 146 Å². The van der Waals surface area contributed by atoms with Gasteiger partial charge in [-0.1, -0.05) is 25.1 Å². The number of carbonyl (C=O) groups is 1. The molecule has 1 atom stereocenters. The summed E-state index contributed by atoms with van der Waals surface area (Å²) in [6.07, 6.45) is 3.69. The van der Waals surface area contributed by atoms with E-state index in [0.717, 1.165) is 54.2 Å². The molecule has 0 fully saturated rings. The number of nitrogens with zero attached hydrogens (tertiary/aromatic N) is 3. The first kappa shape index (κ1) is 15.9. The van der Waals surface area contributed by atoms with Gasteiger partial charge in [-0.2, -0.15) is 0 Å². The van der Waals surface area contributed by atoms with Crippen LogP contribution in [-0.4, -0.2) is 26.7 Å². The number of nitrogens with one attached hydrogen (secondary N) is 1. The largest absolute Gasteiger partial charge is 0.461 e. The minimum atomic E-state index is 0.0695. The van der Waals surface area contributed by atoms with Gasteiger partial charge in [-0.25, -0.2) is 0 Å². The van der Waals surface area contributed by atoms with E-state index in [1.54, 1.807) is 0 Å². The van der Waals surface area contributed by atoms with Crippen molar-refractivity contribution < 1.29 is 9.21 Å². The summed E-state index contributed by atoms with van der Waals surface area (Å²) in [5, 5.41) is 12.7. The molecule has 3 heterocycles. The minimum Gasteiger partial charge on any atom is -0.461 e. The summed E-state index contributed by atoms with van der Waals surface area (Å²) in [6, 6.07) is 10.1. The fourth-order valence-electron chi connectivity index (χ4n) is 3.46. The molecule has 4 rings (SSSR count). The lowest BCUT2D eigenvalue weighted by molar-refractivity contribution is -0.122. The average molecular weight is 338 g/mol. The quantitative estimate of drug-likeness (QED) is 0.776. The zero-order chi connectivity index (χ0) is 17.2. The summed E-state index contributed by atoms with van der Waals surface area (Å²) in [7, 11) is 0. The molecule has 1 aromatic carbocycles. The Kier molecular flexibility index (Phi) is 4.26. The Balaban J connectivity index is 1.33. The second kappa shape index (κ2) is 6.70. The molecule has 6 nitrogen and oxygen atoms in total. The smallest absolute Gasteiger partial charge is 0.220 e. The number of rotatable bonds is 5. The van der Waals surface area contributed by atoms with Crippen molar-refractivity contribution in [1.29, 1.82) is 0 Å². The molecule has 1 amide bonds. The predicted molar refractivity (Wildman–Crippen MR) is 94.2 cm³/mol. The number of furan rings is 1. The number of carbonyl (C=O) groups excluding carboxylic acids is 1. The number of amides is 1. The van der Waals surface area contributed by atoms with Crippen molar-refractivity contribution >= 4 is 16.9 Å². The Morgan fingerprint density at radius 3 is 3.08 bits per heavy atom. The number of para-hydroxylation sites is 1. The number of hydrogen-bond donors (Lipinski definition) is 1. The molecule has 0 aliphatic carbocycles. The maximum atomic E-state index is 12.3. The van der Waals surface area contributed by atoms with E-state index in [9.17, 15) is 4.79 Å². The van der Waals surface area contributed by atoms with Crippen molar-refractivity contribution in [2.45, 2.75) is 51.6 Å². The molecule has 6 heteroatoms. The number of fused-ring (bicyclic) bond motifs is 2. The second-order valence-electron chi connectivity index (χ2n) is 6.55. The van der Waals surface area contributed by atoms with E-state index in [-0.39, 0.29) is 11.9 Å². The van der Waals surface area contributed by atoms with Crippen molar-refractivity contribution in [1.82, 2.24) is 20.1 Å². The summed E-state index contributed by atoms with van der Waals surface area (Å²) in [5.74, 6) is 2.95. The molecular weight excluding hydrogens is 316 g/mol. The van der Waals surface area contributed by atoms with E-state index in [1.165, 1.54) is 0 Å². The van der Waals surface area contributed by atoms with Crippen molar-refractivity contribution in [3.8, 4) is 0 Å². The van der Waals surface area contributed by atoms with Crippen LogP contribution in [0.5, 0.6) is 0 Å². The van der Waals surface area contributed by atoms with Crippen LogP contribution in [0.4, 0.5) is 0 Å². The third-order valence-electron chi connectivity index (χ3n) is 4.78. The van der Waals surface area contributed by atoms with Crippen LogP contribution in [0.15, 0.2) is 34.7 Å². The fraction of sp³-hybridized carbons (Fsp3) is 0.421. The van der Waals surface area contributed by atoms with E-state index in [4.69, 9.17) is 4.42 Å². The lowest BCUT2D eigenvalue weighted by atomic mass is 10.1. The molecule has 1 aliphatic rings. The first-order valence-electron chi connectivity index (χ1n) is 8.90. The molecule has 0 saturated heterocycles. The first-order valence-corrected chi connectivity index (χ1v) is 8.90. The molecule has 25 heavy (non-hydrogen) atoms. The van der Waals surface area contributed by atoms with Gasteiger partial charge in [0.1, 0.15) is 23.0 Å². The molecule has 130 valence electrons. The lowest BCUT2D eigenvalue weighted by Crippen LogP contribution is -2.41. The van der Waals surface area contributed by atoms with Gasteiger partial charge in [0.25, 0.3) is 0 Å². The highest BCUT2D eigenvalue weighted by Gasteiger charge is 2.23. The van der Waals surface area contributed by atoms with Crippen LogP contribution in [-0.2, 0) is 30.6 Å². The van der Waals surface area contributed by atoms with Crippen LogP contribution in [0.3, 0.4) is 0 Å². The third-order valence-corrected chi connectivity index (χ3v) is 4.78. The standard InChI is InChI=1S/C19H22N4O2/c1-2-17-21-22-18-9-7-14(12-23(17)18)20-19(24)10-8-15-11-13-5-3-4-6-16(13)25-15/h3-6,11,14H,2,7-10,12H2,1H3,(H,20,24)/t14-/m0/s1. The average Bonchev–Trinajstić information content (AvgIpc) is 3.22. The Morgan fingerprint density at radius 1 is 1.36 bits per heavy atom. The highest BCUT2D eigenvalue weighted by Crippen LogP contribution is 2.20. The van der Waals surface area contributed by atoms with Gasteiger partial charge in [-0.05, 0) is 18.6 Å². The van der Waals surface area contributed by atoms with E-state index < -0.39 is 0 Å². The highest BCUT2D eigenvalue weighted by molar-refractivity contribution is 5.79. The molecule has 1 N–H and O–H groups in total. The summed E-state index contributed by atoms with van der Waals surface area (Å²) in [5.41, 5.74) is 0.873. The Morgan fingerprint density at radius 2 is 2.24 bits per heavy atom. The van der Waals surface area contributed by atoms with E-state index in [1.807, 2.05) is 30.3 Å². The summed E-state index contributed by atoms with van der Waals surface area (Å²) < 4.78 is 7.92. The molecule has 0 radical (unpaired) electrons. The van der Waals surface area contributed by atoms with E-state index in [2.05, 4.69) is 27.0 Å². The zero-order valence-corrected chi connectivity index (χ0v) is 14.4. The number of hydrogen-bond acceptors (Lipinski definition) is 4. The molecule has 2 aromatic heterocycles. The molecule has 0 spiro atoms. The number of aromatic nitrogens is 3. The van der Waals surface area contributed by atoms with Gasteiger partial charge in [-0.15, -0.1) is 10.2 Å². The molecule has 0 bridgehead atoms. The number of benzene rings is 1. The van der Waals surface area contributed by atoms with Crippen LogP contribution in [0.2, 0.25) is 0 Å². The fourth-order valence-corrected chi connectivity index (χ4v) is 3.46. The maximum Gasteiger partial charge on any atom is 0.220 e. The van der Waals surface area contributed by atoms with Crippen molar-refractivity contribution in [3.63, 3.8) is 0 Å². The number of aryl methyl sites for hydroxylation is 3. The van der Waals surface area contributed by atoms with Crippen LogP contribution in [0, 0.1) is 0 Å². The Hall–Kier alpha value is -2.63. The normalized spacial score (nSPS) is 16.8. The predicted octanol–water partition coefficient (Wildman–Crippen LogP) is 2.65. The van der Waals surface area contributed by atoms with Crippen LogP contribution in [0.25, 0.3) is 11.0 Å². The van der Waals surface area contributed by atoms with Gasteiger partial charge >= 0.3 is 0 Å². The lowest BCUT2D eigenvalue weighted by Gasteiger charge is -2.25. The van der Waals surface area contributed by atoms with Gasteiger partial charge < -0.3 is 14.3 Å². The summed E-state index contributed by atoms with van der Waals surface area (Å²) >= 11 is 0. The van der Waals surface area contributed by atoms with E-state index in [0.29, 0.717) is 12.8 Å². The van der Waals surface area contributed by atoms with Crippen LogP contribution >= 0.6 is 0 Å². The zero-order valence-electron chi connectivity index (χ0n) is 14.4. The topological polar surface area (TPSA) is 73.0 Å². The van der Waals surface area contributed by atoms with Crippen LogP contribution in [0.1, 0.15) is 37.2 Å². The van der Waals surface area contributed by atoms with Crippen LogP contribution < -0.4 is 5.32 Å². The van der Waals surface area contributed by atoms with Crippen molar-refractivity contribution in [2.24, 2.45) is 0 Å².